The Morgan fingerprint density at radius 1 is 0.960 bits per heavy atom. The molecule has 0 radical (unpaired) electrons. The lowest BCUT2D eigenvalue weighted by atomic mass is 10.2. The van der Waals surface area contributed by atoms with Gasteiger partial charge in [0.25, 0.3) is 0 Å². The number of rotatable bonds is 10. The monoisotopic (exact) mass is 362 g/mol. The van der Waals surface area contributed by atoms with Crippen molar-refractivity contribution in [2.45, 2.75) is 19.3 Å². The molecule has 0 unspecified atom stereocenters. The Labute approximate surface area is 153 Å². The van der Waals surface area contributed by atoms with Crippen LogP contribution in [0.1, 0.15) is 24.8 Å². The normalized spacial score (nSPS) is 10.3. The Hall–Kier alpha value is -2.40. The third kappa shape index (κ3) is 5.87. The molecule has 0 saturated heterocycles. The summed E-state index contributed by atoms with van der Waals surface area (Å²) in [5.41, 5.74) is 6.01. The molecule has 6 heteroatoms. The van der Waals surface area contributed by atoms with Crippen molar-refractivity contribution in [2.24, 2.45) is 5.73 Å². The van der Waals surface area contributed by atoms with Crippen molar-refractivity contribution in [2.75, 3.05) is 20.3 Å². The lowest BCUT2D eigenvalue weighted by molar-refractivity contribution is 0.270. The molecule has 2 rings (SSSR count). The minimum Gasteiger partial charge on any atom is -0.493 e. The number of halogens is 1. The maximum atomic E-state index is 7.38. The average Bonchev–Trinajstić information content (AvgIpc) is 2.62. The second kappa shape index (κ2) is 9.79. The molecule has 2 aromatic carbocycles. The highest BCUT2D eigenvalue weighted by molar-refractivity contribution is 6.32. The quantitative estimate of drug-likeness (QED) is 0.376. The second-order valence-electron chi connectivity index (χ2n) is 5.47. The zero-order valence-electron chi connectivity index (χ0n) is 14.3. The summed E-state index contributed by atoms with van der Waals surface area (Å²) in [6.45, 7) is 1.21. The highest BCUT2D eigenvalue weighted by Crippen LogP contribution is 2.26. The number of benzene rings is 2. The first kappa shape index (κ1) is 18.9. The van der Waals surface area contributed by atoms with Gasteiger partial charge in [0.1, 0.15) is 11.6 Å². The van der Waals surface area contributed by atoms with Crippen LogP contribution >= 0.6 is 11.6 Å². The molecular weight excluding hydrogens is 340 g/mol. The van der Waals surface area contributed by atoms with Gasteiger partial charge >= 0.3 is 0 Å². The summed E-state index contributed by atoms with van der Waals surface area (Å²) in [4.78, 5) is 0. The molecule has 0 aliphatic heterocycles. The number of nitrogens with one attached hydrogen (secondary N) is 1. The Bertz CT molecular complexity index is 707. The molecule has 0 aliphatic carbocycles. The number of ether oxygens (including phenoxy) is 3. The van der Waals surface area contributed by atoms with Crippen molar-refractivity contribution in [3.63, 3.8) is 0 Å². The van der Waals surface area contributed by atoms with Crippen LogP contribution in [0.4, 0.5) is 0 Å². The van der Waals surface area contributed by atoms with Crippen LogP contribution in [0.5, 0.6) is 17.2 Å². The Morgan fingerprint density at radius 2 is 1.60 bits per heavy atom. The number of unbranched alkanes of at least 4 members (excludes halogenated alkanes) is 2. The molecule has 0 aromatic heterocycles. The highest BCUT2D eigenvalue weighted by Gasteiger charge is 2.05. The Morgan fingerprint density at radius 3 is 2.20 bits per heavy atom. The van der Waals surface area contributed by atoms with E-state index in [0.717, 1.165) is 30.8 Å². The van der Waals surface area contributed by atoms with E-state index in [9.17, 15) is 0 Å². The first-order chi connectivity index (χ1) is 12.1. The van der Waals surface area contributed by atoms with Crippen molar-refractivity contribution < 1.29 is 14.2 Å². The predicted octanol–water partition coefficient (Wildman–Crippen LogP) is 4.26. The molecule has 2 aromatic rings. The van der Waals surface area contributed by atoms with Crippen LogP contribution in [0.2, 0.25) is 5.02 Å². The fraction of sp³-hybridized carbons (Fsp3) is 0.316. The third-order valence-corrected chi connectivity index (χ3v) is 3.91. The maximum Gasteiger partial charge on any atom is 0.161 e. The van der Waals surface area contributed by atoms with Gasteiger partial charge in [-0.15, -0.1) is 0 Å². The molecular formula is C19H23ClN2O3. The van der Waals surface area contributed by atoms with E-state index in [2.05, 4.69) is 0 Å². The Kier molecular flexibility index (Phi) is 7.41. The summed E-state index contributed by atoms with van der Waals surface area (Å²) in [5, 5.41) is 7.85. The number of hydrogen-bond donors (Lipinski definition) is 2. The van der Waals surface area contributed by atoms with Crippen LogP contribution < -0.4 is 19.9 Å². The summed E-state index contributed by atoms with van der Waals surface area (Å²) in [5.74, 6) is 2.11. The molecule has 0 atom stereocenters. The fourth-order valence-electron chi connectivity index (χ4n) is 2.27. The smallest absolute Gasteiger partial charge is 0.161 e. The predicted molar refractivity (Wildman–Crippen MR) is 100 cm³/mol. The van der Waals surface area contributed by atoms with Crippen molar-refractivity contribution in [3.05, 3.63) is 53.1 Å². The van der Waals surface area contributed by atoms with Gasteiger partial charge in [-0.25, -0.2) is 0 Å². The topological polar surface area (TPSA) is 77.6 Å². The van der Waals surface area contributed by atoms with Crippen molar-refractivity contribution in [1.29, 1.82) is 5.41 Å². The van der Waals surface area contributed by atoms with E-state index in [1.165, 1.54) is 0 Å². The average molecular weight is 363 g/mol. The molecule has 0 amide bonds. The van der Waals surface area contributed by atoms with Gasteiger partial charge in [0.2, 0.25) is 0 Å². The van der Waals surface area contributed by atoms with E-state index in [0.29, 0.717) is 29.5 Å². The molecule has 0 heterocycles. The van der Waals surface area contributed by atoms with E-state index in [1.54, 1.807) is 25.3 Å². The second-order valence-corrected chi connectivity index (χ2v) is 5.87. The van der Waals surface area contributed by atoms with Gasteiger partial charge < -0.3 is 19.9 Å². The lowest BCUT2D eigenvalue weighted by Crippen LogP contribution is -2.11. The molecule has 0 bridgehead atoms. The van der Waals surface area contributed by atoms with Crippen molar-refractivity contribution in [3.8, 4) is 17.2 Å². The van der Waals surface area contributed by atoms with Gasteiger partial charge in [0, 0.05) is 5.56 Å². The fourth-order valence-corrected chi connectivity index (χ4v) is 2.50. The number of nitrogens with two attached hydrogens (primary N) is 1. The number of nitrogen functional groups attached to an aromatic ring is 1. The first-order valence-corrected chi connectivity index (χ1v) is 8.52. The zero-order valence-corrected chi connectivity index (χ0v) is 15.0. The standard InChI is InChI=1S/C19H23ClN2O3/c1-23-17-7-3-4-8-18(17)25-12-6-2-5-11-24-16-10-9-14(19(21)22)13-15(16)20/h3-4,7-10,13H,2,5-6,11-12H2,1H3,(H3,21,22). The SMILES string of the molecule is COc1ccccc1OCCCCCOc1ccc(C(=N)N)cc1Cl. The van der Waals surface area contributed by atoms with Crippen LogP contribution in [0.3, 0.4) is 0 Å². The number of amidine groups is 1. The van der Waals surface area contributed by atoms with E-state index >= 15 is 0 Å². The van der Waals surface area contributed by atoms with E-state index < -0.39 is 0 Å². The van der Waals surface area contributed by atoms with Crippen molar-refractivity contribution in [1.82, 2.24) is 0 Å². The van der Waals surface area contributed by atoms with Crippen LogP contribution in [0, 0.1) is 5.41 Å². The van der Waals surface area contributed by atoms with Crippen LogP contribution in [0.15, 0.2) is 42.5 Å². The van der Waals surface area contributed by atoms with E-state index in [-0.39, 0.29) is 5.84 Å². The summed E-state index contributed by atoms with van der Waals surface area (Å²) in [7, 11) is 1.63. The number of methoxy groups -OCH3 is 1. The molecule has 0 fully saturated rings. The number of para-hydroxylation sites is 2. The summed E-state index contributed by atoms with van der Waals surface area (Å²) >= 11 is 6.12. The molecule has 0 saturated carbocycles. The molecule has 25 heavy (non-hydrogen) atoms. The molecule has 0 spiro atoms. The summed E-state index contributed by atoms with van der Waals surface area (Å²) in [6, 6.07) is 12.7. The first-order valence-electron chi connectivity index (χ1n) is 8.14. The van der Waals surface area contributed by atoms with E-state index in [4.69, 9.17) is 37.0 Å². The van der Waals surface area contributed by atoms with Gasteiger partial charge in [-0.3, -0.25) is 5.41 Å². The van der Waals surface area contributed by atoms with E-state index in [1.807, 2.05) is 24.3 Å². The molecule has 134 valence electrons. The van der Waals surface area contributed by atoms with Crippen LogP contribution in [-0.2, 0) is 0 Å². The van der Waals surface area contributed by atoms with Gasteiger partial charge in [-0.2, -0.15) is 0 Å². The third-order valence-electron chi connectivity index (χ3n) is 3.62. The summed E-state index contributed by atoms with van der Waals surface area (Å²) < 4.78 is 16.6. The zero-order chi connectivity index (χ0) is 18.1. The van der Waals surface area contributed by atoms with Gasteiger partial charge in [-0.1, -0.05) is 23.7 Å². The highest BCUT2D eigenvalue weighted by atomic mass is 35.5. The van der Waals surface area contributed by atoms with Crippen molar-refractivity contribution >= 4 is 17.4 Å². The number of hydrogen-bond acceptors (Lipinski definition) is 4. The largest absolute Gasteiger partial charge is 0.493 e. The Balaban J connectivity index is 1.64. The molecule has 3 N–H and O–H groups in total. The minimum atomic E-state index is -0.0107. The van der Waals surface area contributed by atoms with Gasteiger partial charge in [0.05, 0.1) is 25.3 Å². The molecule has 0 aliphatic rings. The van der Waals surface area contributed by atoms with Crippen LogP contribution in [-0.4, -0.2) is 26.2 Å². The minimum absolute atomic E-state index is 0.0107. The maximum absolute atomic E-state index is 7.38. The summed E-state index contributed by atoms with van der Waals surface area (Å²) in [6.07, 6.45) is 2.82. The lowest BCUT2D eigenvalue weighted by Gasteiger charge is -2.11. The van der Waals surface area contributed by atoms with Gasteiger partial charge in [0.15, 0.2) is 11.5 Å². The van der Waals surface area contributed by atoms with Gasteiger partial charge in [-0.05, 0) is 49.6 Å². The van der Waals surface area contributed by atoms with Crippen LogP contribution in [0.25, 0.3) is 0 Å². The molecule has 5 nitrogen and oxygen atoms in total.